The number of halogens is 3. The third-order valence-corrected chi connectivity index (χ3v) is 5.80. The van der Waals surface area contributed by atoms with Crippen LogP contribution in [0.4, 0.5) is 18.0 Å². The van der Waals surface area contributed by atoms with E-state index in [2.05, 4.69) is 10.3 Å². The Kier molecular flexibility index (Phi) is 5.14. The number of pyridine rings is 1. The highest BCUT2D eigenvalue weighted by atomic mass is 19.4. The summed E-state index contributed by atoms with van der Waals surface area (Å²) in [5.41, 5.74) is -0.548. The van der Waals surface area contributed by atoms with Crippen molar-refractivity contribution in [2.45, 2.75) is 31.0 Å². The quantitative estimate of drug-likeness (QED) is 0.802. The number of carbonyl (C=O) groups excluding carboxylic acids is 2. The molecule has 0 bridgehead atoms. The standard InChI is InChI=1S/C19H23F3N4O3/c20-19(21,22)15-2-1-14(8-23-15)7-13-3-5-25(6-4-13)17(28)26-10-18(11-26)12-29-9-16(27)24-18/h1-2,8,13H,3-7,9-12H2,(H,24,27). The molecular formula is C19H23F3N4O3. The molecule has 4 rings (SSSR count). The molecule has 29 heavy (non-hydrogen) atoms. The zero-order chi connectivity index (χ0) is 20.6. The van der Waals surface area contributed by atoms with E-state index in [1.165, 1.54) is 12.3 Å². The molecule has 158 valence electrons. The first-order valence-corrected chi connectivity index (χ1v) is 9.69. The number of amides is 3. The molecule has 10 heteroatoms. The van der Waals surface area contributed by atoms with Gasteiger partial charge in [0, 0.05) is 32.4 Å². The minimum Gasteiger partial charge on any atom is -0.369 e. The minimum atomic E-state index is -4.42. The van der Waals surface area contributed by atoms with Gasteiger partial charge in [-0.25, -0.2) is 4.79 Å². The molecule has 1 aromatic heterocycles. The number of nitrogens with zero attached hydrogens (tertiary/aromatic N) is 3. The predicted octanol–water partition coefficient (Wildman–Crippen LogP) is 1.68. The fourth-order valence-electron chi connectivity index (χ4n) is 4.27. The van der Waals surface area contributed by atoms with Crippen LogP contribution >= 0.6 is 0 Å². The summed E-state index contributed by atoms with van der Waals surface area (Å²) < 4.78 is 43.1. The van der Waals surface area contributed by atoms with Crippen molar-refractivity contribution in [1.29, 1.82) is 0 Å². The van der Waals surface area contributed by atoms with Crippen LogP contribution in [0.25, 0.3) is 0 Å². The van der Waals surface area contributed by atoms with E-state index in [4.69, 9.17) is 4.74 Å². The van der Waals surface area contributed by atoms with Crippen LogP contribution in [0.5, 0.6) is 0 Å². The van der Waals surface area contributed by atoms with Crippen molar-refractivity contribution in [3.05, 3.63) is 29.6 Å². The van der Waals surface area contributed by atoms with E-state index in [0.29, 0.717) is 45.1 Å². The number of hydrogen-bond donors (Lipinski definition) is 1. The number of alkyl halides is 3. The summed E-state index contributed by atoms with van der Waals surface area (Å²) in [5, 5.41) is 2.91. The van der Waals surface area contributed by atoms with Crippen LogP contribution in [0.1, 0.15) is 24.1 Å². The molecule has 0 unspecified atom stereocenters. The summed E-state index contributed by atoms with van der Waals surface area (Å²) in [6, 6.07) is 2.46. The summed E-state index contributed by atoms with van der Waals surface area (Å²) in [5.74, 6) is 0.160. The van der Waals surface area contributed by atoms with Gasteiger partial charge in [0.05, 0.1) is 12.1 Å². The summed E-state index contributed by atoms with van der Waals surface area (Å²) >= 11 is 0. The van der Waals surface area contributed by atoms with E-state index in [1.807, 2.05) is 0 Å². The van der Waals surface area contributed by atoms with Crippen LogP contribution in [0.3, 0.4) is 0 Å². The number of nitrogens with one attached hydrogen (secondary N) is 1. The zero-order valence-electron chi connectivity index (χ0n) is 15.9. The van der Waals surface area contributed by atoms with Gasteiger partial charge >= 0.3 is 12.2 Å². The van der Waals surface area contributed by atoms with Gasteiger partial charge in [-0.3, -0.25) is 9.78 Å². The van der Waals surface area contributed by atoms with E-state index in [-0.39, 0.29) is 18.5 Å². The predicted molar refractivity (Wildman–Crippen MR) is 95.9 cm³/mol. The van der Waals surface area contributed by atoms with Gasteiger partial charge in [0.25, 0.3) is 0 Å². The molecule has 3 fully saturated rings. The first-order valence-electron chi connectivity index (χ1n) is 9.69. The third-order valence-electron chi connectivity index (χ3n) is 5.80. The highest BCUT2D eigenvalue weighted by molar-refractivity contribution is 5.81. The molecule has 0 aromatic carbocycles. The minimum absolute atomic E-state index is 0.0369. The number of aromatic nitrogens is 1. The highest BCUT2D eigenvalue weighted by Crippen LogP contribution is 2.29. The number of morpholine rings is 1. The molecule has 1 aromatic rings. The molecule has 3 saturated heterocycles. The Balaban J connectivity index is 1.23. The third kappa shape index (κ3) is 4.31. The monoisotopic (exact) mass is 412 g/mol. The summed E-state index contributed by atoms with van der Waals surface area (Å²) in [6.07, 6.45) is -0.882. The average molecular weight is 412 g/mol. The lowest BCUT2D eigenvalue weighted by Gasteiger charge is -2.52. The molecule has 7 nitrogen and oxygen atoms in total. The van der Waals surface area contributed by atoms with Crippen LogP contribution in [0, 0.1) is 5.92 Å². The number of ether oxygens (including phenoxy) is 1. The maximum atomic E-state index is 12.7. The van der Waals surface area contributed by atoms with Crippen LogP contribution in [0.15, 0.2) is 18.3 Å². The topological polar surface area (TPSA) is 74.8 Å². The van der Waals surface area contributed by atoms with Crippen molar-refractivity contribution in [3.63, 3.8) is 0 Å². The number of hydrogen-bond acceptors (Lipinski definition) is 4. The number of urea groups is 1. The van der Waals surface area contributed by atoms with Gasteiger partial charge in [0.15, 0.2) is 0 Å². The molecule has 3 aliphatic heterocycles. The molecule has 3 amide bonds. The molecule has 4 heterocycles. The van der Waals surface area contributed by atoms with Crippen LogP contribution < -0.4 is 5.32 Å². The summed E-state index contributed by atoms with van der Waals surface area (Å²) in [6.45, 7) is 2.63. The van der Waals surface area contributed by atoms with Crippen LogP contribution in [-0.4, -0.2) is 71.7 Å². The van der Waals surface area contributed by atoms with E-state index in [9.17, 15) is 22.8 Å². The van der Waals surface area contributed by atoms with Gasteiger partial charge in [0.2, 0.25) is 5.91 Å². The van der Waals surface area contributed by atoms with Gasteiger partial charge in [-0.15, -0.1) is 0 Å². The molecular weight excluding hydrogens is 389 g/mol. The maximum absolute atomic E-state index is 12.7. The summed E-state index contributed by atoms with van der Waals surface area (Å²) in [7, 11) is 0. The first-order chi connectivity index (χ1) is 13.7. The number of rotatable bonds is 2. The number of carbonyl (C=O) groups is 2. The van der Waals surface area contributed by atoms with Crippen molar-refractivity contribution in [3.8, 4) is 0 Å². The smallest absolute Gasteiger partial charge is 0.369 e. The fraction of sp³-hybridized carbons (Fsp3) is 0.632. The first kappa shape index (κ1) is 19.9. The van der Waals surface area contributed by atoms with Crippen LogP contribution in [0.2, 0.25) is 0 Å². The average Bonchev–Trinajstić information content (AvgIpc) is 2.66. The Bertz CT molecular complexity index is 770. The second kappa shape index (κ2) is 7.47. The Labute approximate surface area is 166 Å². The number of likely N-dealkylation sites (tertiary alicyclic amines) is 2. The molecule has 0 radical (unpaired) electrons. The Morgan fingerprint density at radius 3 is 2.55 bits per heavy atom. The lowest BCUT2D eigenvalue weighted by molar-refractivity contribution is -0.142. The Morgan fingerprint density at radius 2 is 1.97 bits per heavy atom. The van der Waals surface area contributed by atoms with Gasteiger partial charge in [-0.05, 0) is 36.8 Å². The summed E-state index contributed by atoms with van der Waals surface area (Å²) in [4.78, 5) is 31.2. The lowest BCUT2D eigenvalue weighted by atomic mass is 9.89. The van der Waals surface area contributed by atoms with Crippen molar-refractivity contribution < 1.29 is 27.5 Å². The Hall–Kier alpha value is -2.36. The molecule has 1 spiro atoms. The second-order valence-electron chi connectivity index (χ2n) is 8.14. The van der Waals surface area contributed by atoms with Crippen molar-refractivity contribution in [2.24, 2.45) is 5.92 Å². The molecule has 0 atom stereocenters. The van der Waals surface area contributed by atoms with Gasteiger partial charge in [0.1, 0.15) is 12.3 Å². The normalized spacial score (nSPS) is 22.4. The second-order valence-corrected chi connectivity index (χ2v) is 8.14. The SMILES string of the molecule is O=C1COCC2(CN(C(=O)N3CCC(Cc4ccc(C(F)(F)F)nc4)CC3)C2)N1. The maximum Gasteiger partial charge on any atom is 0.433 e. The van der Waals surface area contributed by atoms with E-state index in [1.54, 1.807) is 9.80 Å². The van der Waals surface area contributed by atoms with E-state index in [0.717, 1.165) is 24.5 Å². The van der Waals surface area contributed by atoms with Crippen molar-refractivity contribution in [2.75, 3.05) is 39.4 Å². The lowest BCUT2D eigenvalue weighted by Crippen LogP contribution is -2.76. The Morgan fingerprint density at radius 1 is 1.24 bits per heavy atom. The molecule has 3 aliphatic rings. The zero-order valence-corrected chi connectivity index (χ0v) is 15.9. The fourth-order valence-corrected chi connectivity index (χ4v) is 4.27. The number of piperidine rings is 1. The molecule has 0 aliphatic carbocycles. The van der Waals surface area contributed by atoms with Gasteiger partial charge < -0.3 is 19.9 Å². The largest absolute Gasteiger partial charge is 0.433 e. The van der Waals surface area contributed by atoms with Crippen LogP contribution in [-0.2, 0) is 22.1 Å². The van der Waals surface area contributed by atoms with Gasteiger partial charge in [-0.2, -0.15) is 13.2 Å². The molecule has 0 saturated carbocycles. The highest BCUT2D eigenvalue weighted by Gasteiger charge is 2.49. The van der Waals surface area contributed by atoms with Crippen molar-refractivity contribution >= 4 is 11.9 Å². The van der Waals surface area contributed by atoms with E-state index >= 15 is 0 Å². The van der Waals surface area contributed by atoms with Gasteiger partial charge in [-0.1, -0.05) is 6.07 Å². The van der Waals surface area contributed by atoms with Crippen molar-refractivity contribution in [1.82, 2.24) is 20.1 Å². The molecule has 1 N–H and O–H groups in total. The van der Waals surface area contributed by atoms with E-state index < -0.39 is 17.4 Å².